The summed E-state index contributed by atoms with van der Waals surface area (Å²) in [5, 5.41) is 9.18. The maximum absolute atomic E-state index is 9.18. The van der Waals surface area contributed by atoms with Crippen LogP contribution in [-0.2, 0) is 6.42 Å². The molecule has 0 saturated heterocycles. The van der Waals surface area contributed by atoms with Crippen molar-refractivity contribution in [2.24, 2.45) is 0 Å². The van der Waals surface area contributed by atoms with E-state index in [2.05, 4.69) is 57.2 Å². The van der Waals surface area contributed by atoms with Gasteiger partial charge in [-0.05, 0) is 67.9 Å². The van der Waals surface area contributed by atoms with Crippen molar-refractivity contribution in [3.05, 3.63) is 76.4 Å². The third-order valence-corrected chi connectivity index (χ3v) is 4.44. The van der Waals surface area contributed by atoms with Crippen molar-refractivity contribution in [2.45, 2.75) is 52.9 Å². The van der Waals surface area contributed by atoms with E-state index in [1.807, 2.05) is 18.2 Å². The summed E-state index contributed by atoms with van der Waals surface area (Å²) < 4.78 is 0. The van der Waals surface area contributed by atoms with Crippen LogP contribution in [0.4, 0.5) is 0 Å². The molecule has 0 aromatic heterocycles. The van der Waals surface area contributed by atoms with Crippen LogP contribution in [0.25, 0.3) is 5.57 Å². The highest BCUT2D eigenvalue weighted by Gasteiger charge is 2.05. The Morgan fingerprint density at radius 1 is 1.12 bits per heavy atom. The van der Waals surface area contributed by atoms with Gasteiger partial charge >= 0.3 is 0 Å². The molecule has 0 fully saturated rings. The molecule has 0 heterocycles. The van der Waals surface area contributed by atoms with Gasteiger partial charge in [0, 0.05) is 0 Å². The van der Waals surface area contributed by atoms with Gasteiger partial charge in [-0.1, -0.05) is 61.4 Å². The average molecular weight is 317 g/mol. The smallest absolute Gasteiger partial charge is 0.0994 e. The summed E-state index contributed by atoms with van der Waals surface area (Å²) >= 11 is 0. The van der Waals surface area contributed by atoms with Gasteiger partial charge < -0.3 is 0 Å². The van der Waals surface area contributed by atoms with Gasteiger partial charge in [-0.25, -0.2) is 0 Å². The van der Waals surface area contributed by atoms with Gasteiger partial charge in [0.25, 0.3) is 0 Å². The minimum atomic E-state index is 0.810. The molecular formula is C23H27N. The predicted molar refractivity (Wildman–Crippen MR) is 103 cm³/mol. The van der Waals surface area contributed by atoms with E-state index in [1.165, 1.54) is 22.3 Å². The Morgan fingerprint density at radius 2 is 1.92 bits per heavy atom. The minimum Gasteiger partial charge on any atom is -0.192 e. The quantitative estimate of drug-likeness (QED) is 0.543. The number of unbranched alkanes of at least 4 members (excludes halogenated alkanes) is 1. The molecule has 0 bridgehead atoms. The number of hydrogen-bond donors (Lipinski definition) is 0. The van der Waals surface area contributed by atoms with E-state index in [-0.39, 0.29) is 0 Å². The van der Waals surface area contributed by atoms with Crippen molar-refractivity contribution < 1.29 is 0 Å². The fourth-order valence-electron chi connectivity index (χ4n) is 3.11. The fourth-order valence-corrected chi connectivity index (χ4v) is 3.11. The van der Waals surface area contributed by atoms with Crippen LogP contribution in [0.1, 0.15) is 60.4 Å². The molecule has 2 rings (SSSR count). The Bertz CT molecular complexity index is 747. The first-order chi connectivity index (χ1) is 11.7. The molecule has 24 heavy (non-hydrogen) atoms. The van der Waals surface area contributed by atoms with Crippen molar-refractivity contribution in [3.63, 3.8) is 0 Å². The molecule has 0 aliphatic heterocycles. The monoisotopic (exact) mass is 317 g/mol. The second kappa shape index (κ2) is 9.08. The summed E-state index contributed by atoms with van der Waals surface area (Å²) in [7, 11) is 0. The van der Waals surface area contributed by atoms with E-state index in [0.717, 1.165) is 43.2 Å². The molecule has 0 saturated carbocycles. The average Bonchev–Trinajstić information content (AvgIpc) is 2.60. The first-order valence-electron chi connectivity index (χ1n) is 8.90. The highest BCUT2D eigenvalue weighted by atomic mass is 14.2. The van der Waals surface area contributed by atoms with E-state index < -0.39 is 0 Å². The lowest BCUT2D eigenvalue weighted by Gasteiger charge is -2.12. The predicted octanol–water partition coefficient (Wildman–Crippen LogP) is 6.38. The van der Waals surface area contributed by atoms with E-state index in [4.69, 9.17) is 0 Å². The maximum Gasteiger partial charge on any atom is 0.0994 e. The molecule has 0 spiro atoms. The molecule has 1 nitrogen and oxygen atoms in total. The summed E-state index contributed by atoms with van der Waals surface area (Å²) in [6.45, 7) is 6.59. The van der Waals surface area contributed by atoms with Gasteiger partial charge in [0.05, 0.1) is 11.6 Å². The standard InChI is InChI=1S/C23H27N/c1-4-9-21(23-16-18(2)14-15-19(23)3)12-7-5-10-20-11-6-8-13-22(20)17-24/h6,8,11-16H,4-5,7,9-10H2,1-3H3/b21-12+. The highest BCUT2D eigenvalue weighted by Crippen LogP contribution is 2.25. The molecular weight excluding hydrogens is 290 g/mol. The first-order valence-corrected chi connectivity index (χ1v) is 8.90. The number of nitriles is 1. The number of nitrogens with zero attached hydrogens (tertiary/aromatic N) is 1. The molecule has 0 unspecified atom stereocenters. The third-order valence-electron chi connectivity index (χ3n) is 4.44. The fraction of sp³-hybridized carbons (Fsp3) is 0.348. The zero-order valence-corrected chi connectivity index (χ0v) is 15.1. The van der Waals surface area contributed by atoms with Crippen LogP contribution in [-0.4, -0.2) is 0 Å². The zero-order chi connectivity index (χ0) is 17.4. The third kappa shape index (κ3) is 4.83. The summed E-state index contributed by atoms with van der Waals surface area (Å²) in [6, 6.07) is 16.9. The summed E-state index contributed by atoms with van der Waals surface area (Å²) in [6.07, 6.45) is 7.79. The Labute approximate surface area is 146 Å². The summed E-state index contributed by atoms with van der Waals surface area (Å²) in [4.78, 5) is 0. The lowest BCUT2D eigenvalue weighted by molar-refractivity contribution is 0.837. The second-order valence-corrected chi connectivity index (χ2v) is 6.46. The van der Waals surface area contributed by atoms with Crippen LogP contribution >= 0.6 is 0 Å². The van der Waals surface area contributed by atoms with Crippen molar-refractivity contribution in [1.82, 2.24) is 0 Å². The molecule has 2 aromatic rings. The number of allylic oxidation sites excluding steroid dienone is 2. The van der Waals surface area contributed by atoms with E-state index in [0.29, 0.717) is 0 Å². The Balaban J connectivity index is 2.07. The van der Waals surface area contributed by atoms with Crippen molar-refractivity contribution in [3.8, 4) is 6.07 Å². The van der Waals surface area contributed by atoms with Crippen LogP contribution < -0.4 is 0 Å². The molecule has 0 amide bonds. The van der Waals surface area contributed by atoms with Crippen LogP contribution in [0.15, 0.2) is 48.5 Å². The summed E-state index contributed by atoms with van der Waals surface area (Å²) in [5.41, 5.74) is 7.51. The van der Waals surface area contributed by atoms with Gasteiger partial charge in [0.2, 0.25) is 0 Å². The highest BCUT2D eigenvalue weighted by molar-refractivity contribution is 5.68. The van der Waals surface area contributed by atoms with Gasteiger partial charge in [0.1, 0.15) is 0 Å². The molecule has 0 atom stereocenters. The van der Waals surface area contributed by atoms with Crippen LogP contribution in [0, 0.1) is 25.2 Å². The Kier molecular flexibility index (Phi) is 6.82. The van der Waals surface area contributed by atoms with E-state index >= 15 is 0 Å². The number of rotatable bonds is 7. The van der Waals surface area contributed by atoms with Crippen molar-refractivity contribution >= 4 is 5.57 Å². The molecule has 0 aliphatic carbocycles. The van der Waals surface area contributed by atoms with Crippen molar-refractivity contribution in [2.75, 3.05) is 0 Å². The first kappa shape index (κ1) is 18.0. The lowest BCUT2D eigenvalue weighted by atomic mass is 9.94. The van der Waals surface area contributed by atoms with Gasteiger partial charge in [0.15, 0.2) is 0 Å². The molecule has 1 heteroatoms. The molecule has 0 N–H and O–H groups in total. The normalized spacial score (nSPS) is 11.3. The number of hydrogen-bond acceptors (Lipinski definition) is 1. The minimum absolute atomic E-state index is 0.810. The van der Waals surface area contributed by atoms with E-state index in [1.54, 1.807) is 0 Å². The number of benzene rings is 2. The zero-order valence-electron chi connectivity index (χ0n) is 15.1. The maximum atomic E-state index is 9.18. The molecule has 0 radical (unpaired) electrons. The lowest BCUT2D eigenvalue weighted by Crippen LogP contribution is -1.92. The second-order valence-electron chi connectivity index (χ2n) is 6.46. The number of aryl methyl sites for hydroxylation is 3. The van der Waals surface area contributed by atoms with Gasteiger partial charge in [-0.3, -0.25) is 0 Å². The van der Waals surface area contributed by atoms with Crippen LogP contribution in [0.5, 0.6) is 0 Å². The topological polar surface area (TPSA) is 23.8 Å². The summed E-state index contributed by atoms with van der Waals surface area (Å²) in [5.74, 6) is 0. The van der Waals surface area contributed by atoms with Gasteiger partial charge in [-0.15, -0.1) is 0 Å². The molecule has 2 aromatic carbocycles. The van der Waals surface area contributed by atoms with Crippen molar-refractivity contribution in [1.29, 1.82) is 5.26 Å². The molecule has 124 valence electrons. The SMILES string of the molecule is CCC/C(=C\CCCc1ccccc1C#N)c1cc(C)ccc1C. The molecule has 0 aliphatic rings. The van der Waals surface area contributed by atoms with Crippen LogP contribution in [0.3, 0.4) is 0 Å². The Morgan fingerprint density at radius 3 is 2.67 bits per heavy atom. The van der Waals surface area contributed by atoms with Gasteiger partial charge in [-0.2, -0.15) is 5.26 Å². The Hall–Kier alpha value is -2.33. The van der Waals surface area contributed by atoms with Crippen LogP contribution in [0.2, 0.25) is 0 Å². The largest absolute Gasteiger partial charge is 0.192 e. The van der Waals surface area contributed by atoms with E-state index in [9.17, 15) is 5.26 Å².